The fraction of sp³-hybridized carbons (Fsp3) is 0.583. The molecule has 82 valence electrons. The van der Waals surface area contributed by atoms with E-state index in [2.05, 4.69) is 18.0 Å². The van der Waals surface area contributed by atoms with Gasteiger partial charge in [0.05, 0.1) is 0 Å². The van der Waals surface area contributed by atoms with E-state index >= 15 is 0 Å². The van der Waals surface area contributed by atoms with Gasteiger partial charge in [0.25, 0.3) is 0 Å². The van der Waals surface area contributed by atoms with Crippen molar-refractivity contribution in [3.63, 3.8) is 0 Å². The van der Waals surface area contributed by atoms with Gasteiger partial charge >= 0.3 is 0 Å². The van der Waals surface area contributed by atoms with Crippen molar-refractivity contribution >= 4 is 5.82 Å². The van der Waals surface area contributed by atoms with Crippen molar-refractivity contribution < 1.29 is 0 Å². The fourth-order valence-corrected chi connectivity index (χ4v) is 2.59. The molecule has 0 spiro atoms. The Morgan fingerprint density at radius 1 is 1.60 bits per heavy atom. The maximum atomic E-state index is 5.96. The van der Waals surface area contributed by atoms with Gasteiger partial charge in [0, 0.05) is 12.2 Å². The topological polar surface area (TPSA) is 64.9 Å². The SMILES string of the molecule is CC1(Cc2cccnc2N)CCC(N)C1. The van der Waals surface area contributed by atoms with Crippen LogP contribution in [0.3, 0.4) is 0 Å². The van der Waals surface area contributed by atoms with Crippen LogP contribution in [0, 0.1) is 5.41 Å². The van der Waals surface area contributed by atoms with Gasteiger partial charge in [0.15, 0.2) is 0 Å². The molecule has 0 aromatic carbocycles. The number of pyridine rings is 1. The van der Waals surface area contributed by atoms with Crippen molar-refractivity contribution in [2.24, 2.45) is 11.1 Å². The number of nitrogens with zero attached hydrogens (tertiary/aromatic N) is 1. The molecule has 1 aromatic heterocycles. The summed E-state index contributed by atoms with van der Waals surface area (Å²) in [7, 11) is 0. The second-order valence-electron chi connectivity index (χ2n) is 5.04. The van der Waals surface area contributed by atoms with Crippen LogP contribution in [0.4, 0.5) is 5.82 Å². The van der Waals surface area contributed by atoms with Crippen LogP contribution in [0.5, 0.6) is 0 Å². The third-order valence-electron chi connectivity index (χ3n) is 3.42. The molecule has 0 radical (unpaired) electrons. The van der Waals surface area contributed by atoms with E-state index in [9.17, 15) is 0 Å². The molecule has 0 saturated heterocycles. The zero-order chi connectivity index (χ0) is 10.9. The average Bonchev–Trinajstić information content (AvgIpc) is 2.51. The van der Waals surface area contributed by atoms with Crippen LogP contribution in [0.2, 0.25) is 0 Å². The highest BCUT2D eigenvalue weighted by Gasteiger charge is 2.33. The maximum absolute atomic E-state index is 5.96. The van der Waals surface area contributed by atoms with E-state index in [1.54, 1.807) is 6.20 Å². The fourth-order valence-electron chi connectivity index (χ4n) is 2.59. The van der Waals surface area contributed by atoms with E-state index in [0.29, 0.717) is 17.3 Å². The van der Waals surface area contributed by atoms with Crippen molar-refractivity contribution in [2.75, 3.05) is 5.73 Å². The van der Waals surface area contributed by atoms with Crippen LogP contribution in [0.1, 0.15) is 31.7 Å². The Kier molecular flexibility index (Phi) is 2.65. The van der Waals surface area contributed by atoms with Crippen molar-refractivity contribution in [3.8, 4) is 0 Å². The zero-order valence-corrected chi connectivity index (χ0v) is 9.24. The smallest absolute Gasteiger partial charge is 0.126 e. The minimum absolute atomic E-state index is 0.316. The van der Waals surface area contributed by atoms with E-state index < -0.39 is 0 Å². The molecular formula is C12H19N3. The molecule has 1 aliphatic rings. The molecule has 2 unspecified atom stereocenters. The number of nitrogen functional groups attached to an aromatic ring is 1. The summed E-state index contributed by atoms with van der Waals surface area (Å²) in [4.78, 5) is 4.12. The highest BCUT2D eigenvalue weighted by atomic mass is 14.8. The molecule has 3 heteroatoms. The van der Waals surface area contributed by atoms with Crippen molar-refractivity contribution in [3.05, 3.63) is 23.9 Å². The Morgan fingerprint density at radius 3 is 3.00 bits per heavy atom. The summed E-state index contributed by atoms with van der Waals surface area (Å²) in [6, 6.07) is 4.38. The summed E-state index contributed by atoms with van der Waals surface area (Å²) in [5.74, 6) is 0.666. The number of aromatic nitrogens is 1. The van der Waals surface area contributed by atoms with Crippen LogP contribution in [0.15, 0.2) is 18.3 Å². The van der Waals surface area contributed by atoms with Gasteiger partial charge < -0.3 is 11.5 Å². The summed E-state index contributed by atoms with van der Waals surface area (Å²) < 4.78 is 0. The lowest BCUT2D eigenvalue weighted by Crippen LogP contribution is -2.21. The van der Waals surface area contributed by atoms with Gasteiger partial charge in [0.2, 0.25) is 0 Å². The van der Waals surface area contributed by atoms with Crippen LogP contribution in [-0.2, 0) is 6.42 Å². The highest BCUT2D eigenvalue weighted by molar-refractivity contribution is 5.39. The number of nitrogens with two attached hydrogens (primary N) is 2. The molecule has 1 aromatic rings. The van der Waals surface area contributed by atoms with Crippen LogP contribution < -0.4 is 11.5 Å². The summed E-state index contributed by atoms with van der Waals surface area (Å²) in [6.07, 6.45) is 6.17. The monoisotopic (exact) mass is 205 g/mol. The summed E-state index contributed by atoms with van der Waals surface area (Å²) in [6.45, 7) is 2.30. The first-order chi connectivity index (χ1) is 7.09. The van der Waals surface area contributed by atoms with Crippen molar-refractivity contribution in [2.45, 2.75) is 38.6 Å². The molecule has 1 heterocycles. The normalized spacial score (nSPS) is 30.7. The quantitative estimate of drug-likeness (QED) is 0.772. The molecule has 15 heavy (non-hydrogen) atoms. The first-order valence-electron chi connectivity index (χ1n) is 5.54. The number of hydrogen-bond acceptors (Lipinski definition) is 3. The molecule has 2 atom stereocenters. The maximum Gasteiger partial charge on any atom is 0.126 e. The molecule has 1 fully saturated rings. The minimum Gasteiger partial charge on any atom is -0.383 e. The van der Waals surface area contributed by atoms with Gasteiger partial charge in [-0.3, -0.25) is 0 Å². The van der Waals surface area contributed by atoms with E-state index in [4.69, 9.17) is 11.5 Å². The van der Waals surface area contributed by atoms with E-state index in [1.165, 1.54) is 6.42 Å². The second-order valence-corrected chi connectivity index (χ2v) is 5.04. The number of anilines is 1. The second kappa shape index (κ2) is 3.81. The summed E-state index contributed by atoms with van der Waals surface area (Å²) >= 11 is 0. The molecule has 0 amide bonds. The number of hydrogen-bond donors (Lipinski definition) is 2. The number of rotatable bonds is 2. The molecule has 0 aliphatic heterocycles. The largest absolute Gasteiger partial charge is 0.383 e. The lowest BCUT2D eigenvalue weighted by molar-refractivity contribution is 0.330. The first kappa shape index (κ1) is 10.4. The first-order valence-corrected chi connectivity index (χ1v) is 5.54. The molecule has 2 rings (SSSR count). The predicted octanol–water partition coefficient (Wildman–Crippen LogP) is 1.72. The Bertz CT molecular complexity index is 350. The van der Waals surface area contributed by atoms with E-state index in [0.717, 1.165) is 24.8 Å². The van der Waals surface area contributed by atoms with Crippen LogP contribution in [0.25, 0.3) is 0 Å². The van der Waals surface area contributed by atoms with Crippen LogP contribution in [-0.4, -0.2) is 11.0 Å². The van der Waals surface area contributed by atoms with Gasteiger partial charge in [-0.1, -0.05) is 13.0 Å². The van der Waals surface area contributed by atoms with Gasteiger partial charge in [-0.15, -0.1) is 0 Å². The Balaban J connectivity index is 2.12. The average molecular weight is 205 g/mol. The van der Waals surface area contributed by atoms with Gasteiger partial charge in [0.1, 0.15) is 5.82 Å². The zero-order valence-electron chi connectivity index (χ0n) is 9.24. The predicted molar refractivity (Wildman–Crippen MR) is 62.3 cm³/mol. The Morgan fingerprint density at radius 2 is 2.40 bits per heavy atom. The molecular weight excluding hydrogens is 186 g/mol. The summed E-state index contributed by atoms with van der Waals surface area (Å²) in [5.41, 5.74) is 13.3. The van der Waals surface area contributed by atoms with Gasteiger partial charge in [-0.05, 0) is 42.7 Å². The molecule has 1 saturated carbocycles. The van der Waals surface area contributed by atoms with E-state index in [1.807, 2.05) is 6.07 Å². The molecule has 0 bridgehead atoms. The standard InChI is InChI=1S/C12H19N3/c1-12(5-4-10(13)8-12)7-9-3-2-6-15-11(9)14/h2-3,6,10H,4-5,7-8,13H2,1H3,(H2,14,15). The molecule has 4 N–H and O–H groups in total. The third kappa shape index (κ3) is 2.29. The third-order valence-corrected chi connectivity index (χ3v) is 3.42. The van der Waals surface area contributed by atoms with E-state index in [-0.39, 0.29) is 0 Å². The molecule has 3 nitrogen and oxygen atoms in total. The van der Waals surface area contributed by atoms with Gasteiger partial charge in [-0.2, -0.15) is 0 Å². The lowest BCUT2D eigenvalue weighted by atomic mass is 9.82. The Hall–Kier alpha value is -1.09. The van der Waals surface area contributed by atoms with Gasteiger partial charge in [-0.25, -0.2) is 4.98 Å². The van der Waals surface area contributed by atoms with Crippen molar-refractivity contribution in [1.29, 1.82) is 0 Å². The highest BCUT2D eigenvalue weighted by Crippen LogP contribution is 2.40. The summed E-state index contributed by atoms with van der Waals surface area (Å²) in [5, 5.41) is 0. The minimum atomic E-state index is 0.316. The Labute approximate surface area is 90.9 Å². The lowest BCUT2D eigenvalue weighted by Gasteiger charge is -2.24. The van der Waals surface area contributed by atoms with Crippen molar-refractivity contribution in [1.82, 2.24) is 4.98 Å². The molecule has 1 aliphatic carbocycles. The van der Waals surface area contributed by atoms with Crippen LogP contribution >= 0.6 is 0 Å².